The van der Waals surface area contributed by atoms with E-state index in [-0.39, 0.29) is 0 Å². The zero-order valence-electron chi connectivity index (χ0n) is 10.9. The van der Waals surface area contributed by atoms with Crippen molar-refractivity contribution in [1.29, 1.82) is 0 Å². The van der Waals surface area contributed by atoms with E-state index < -0.39 is 12.2 Å². The third-order valence-corrected chi connectivity index (χ3v) is 2.85. The van der Waals surface area contributed by atoms with E-state index in [1.54, 1.807) is 0 Å². The SMILES string of the molecule is CCC(=NO)C(OC)C(OC[SiH3])C(CC)=NO. The van der Waals surface area contributed by atoms with Crippen molar-refractivity contribution >= 4 is 21.7 Å². The second-order valence-electron chi connectivity index (χ2n) is 3.42. The van der Waals surface area contributed by atoms with E-state index in [0.29, 0.717) is 30.5 Å². The summed E-state index contributed by atoms with van der Waals surface area (Å²) >= 11 is 0. The minimum absolute atomic E-state index is 0.474. The van der Waals surface area contributed by atoms with Gasteiger partial charge in [0, 0.05) is 23.6 Å². The second kappa shape index (κ2) is 9.14. The second-order valence-corrected chi connectivity index (χ2v) is 4.00. The summed E-state index contributed by atoms with van der Waals surface area (Å²) in [5.41, 5.74) is 0.963. The number of oxime groups is 2. The summed E-state index contributed by atoms with van der Waals surface area (Å²) in [5, 5.41) is 24.3. The first-order valence-electron chi connectivity index (χ1n) is 5.75. The summed E-state index contributed by atoms with van der Waals surface area (Å²) < 4.78 is 10.9. The van der Waals surface area contributed by atoms with Crippen LogP contribution in [-0.4, -0.2) is 57.6 Å². The molecule has 0 heterocycles. The minimum atomic E-state index is -0.523. The van der Waals surface area contributed by atoms with Crippen molar-refractivity contribution in [2.45, 2.75) is 38.9 Å². The number of hydrogen-bond donors (Lipinski definition) is 2. The fraction of sp³-hybridized carbons (Fsp3) is 0.800. The third-order valence-electron chi connectivity index (χ3n) is 2.51. The first kappa shape index (κ1) is 16.1. The average Bonchev–Trinajstić information content (AvgIpc) is 2.36. The van der Waals surface area contributed by atoms with Gasteiger partial charge in [0.05, 0.1) is 11.4 Å². The highest BCUT2D eigenvalue weighted by atomic mass is 28.1. The lowest BCUT2D eigenvalue weighted by Crippen LogP contribution is -2.43. The van der Waals surface area contributed by atoms with E-state index in [9.17, 15) is 0 Å². The summed E-state index contributed by atoms with van der Waals surface area (Å²) in [6, 6.07) is 0. The fourth-order valence-corrected chi connectivity index (χ4v) is 1.99. The van der Waals surface area contributed by atoms with E-state index in [0.717, 1.165) is 10.2 Å². The van der Waals surface area contributed by atoms with Crippen LogP contribution in [0.5, 0.6) is 0 Å². The molecule has 0 aliphatic heterocycles. The summed E-state index contributed by atoms with van der Waals surface area (Å²) in [6.07, 6.45) is 0.651. The Balaban J connectivity index is 5.11. The van der Waals surface area contributed by atoms with E-state index in [1.165, 1.54) is 7.11 Å². The number of hydrogen-bond acceptors (Lipinski definition) is 6. The van der Waals surface area contributed by atoms with Crippen LogP contribution in [0.3, 0.4) is 0 Å². The highest BCUT2D eigenvalue weighted by Crippen LogP contribution is 2.12. The van der Waals surface area contributed by atoms with Crippen LogP contribution in [0.1, 0.15) is 26.7 Å². The van der Waals surface area contributed by atoms with Crippen LogP contribution < -0.4 is 0 Å². The molecule has 0 aromatic carbocycles. The van der Waals surface area contributed by atoms with Gasteiger partial charge in [-0.2, -0.15) is 0 Å². The first-order valence-corrected chi connectivity index (χ1v) is 7.17. The highest BCUT2D eigenvalue weighted by molar-refractivity contribution is 6.08. The Morgan fingerprint density at radius 3 is 1.88 bits per heavy atom. The maximum Gasteiger partial charge on any atom is 0.130 e. The molecule has 2 N–H and O–H groups in total. The Bertz CT molecular complexity index is 271. The predicted octanol–water partition coefficient (Wildman–Crippen LogP) is 0.190. The maximum absolute atomic E-state index is 8.96. The molecule has 17 heavy (non-hydrogen) atoms. The lowest BCUT2D eigenvalue weighted by Gasteiger charge is -2.26. The van der Waals surface area contributed by atoms with Crippen LogP contribution in [0.25, 0.3) is 0 Å². The molecular weight excluding hydrogens is 240 g/mol. The summed E-state index contributed by atoms with van der Waals surface area (Å²) in [5.74, 6) is 0. The van der Waals surface area contributed by atoms with Gasteiger partial charge in [-0.3, -0.25) is 0 Å². The van der Waals surface area contributed by atoms with Gasteiger partial charge in [-0.25, -0.2) is 0 Å². The molecule has 0 rings (SSSR count). The van der Waals surface area contributed by atoms with E-state index in [1.807, 2.05) is 13.8 Å². The topological polar surface area (TPSA) is 83.6 Å². The van der Waals surface area contributed by atoms with Crippen molar-refractivity contribution in [3.63, 3.8) is 0 Å². The molecule has 100 valence electrons. The molecule has 0 amide bonds. The van der Waals surface area contributed by atoms with E-state index in [4.69, 9.17) is 19.9 Å². The fourth-order valence-electron chi connectivity index (χ4n) is 1.63. The number of methoxy groups -OCH3 is 1. The van der Waals surface area contributed by atoms with Gasteiger partial charge in [0.1, 0.15) is 12.2 Å². The molecule has 0 bridgehead atoms. The first-order chi connectivity index (χ1) is 8.19. The molecule has 0 spiro atoms. The lowest BCUT2D eigenvalue weighted by molar-refractivity contribution is 0.0231. The monoisotopic (exact) mass is 262 g/mol. The molecule has 0 aliphatic rings. The van der Waals surface area contributed by atoms with Gasteiger partial charge >= 0.3 is 0 Å². The predicted molar refractivity (Wildman–Crippen MR) is 69.5 cm³/mol. The van der Waals surface area contributed by atoms with Crippen LogP contribution >= 0.6 is 0 Å². The number of ether oxygens (including phenoxy) is 2. The molecule has 7 heteroatoms. The Kier molecular flexibility index (Phi) is 8.65. The number of nitrogens with zero attached hydrogens (tertiary/aromatic N) is 2. The van der Waals surface area contributed by atoms with Crippen molar-refractivity contribution in [1.82, 2.24) is 0 Å². The summed E-state index contributed by atoms with van der Waals surface area (Å²) in [7, 11) is 2.38. The van der Waals surface area contributed by atoms with E-state index >= 15 is 0 Å². The zero-order valence-corrected chi connectivity index (χ0v) is 12.9. The Labute approximate surface area is 105 Å². The van der Waals surface area contributed by atoms with Gasteiger partial charge < -0.3 is 19.9 Å². The molecular formula is C10H22N2O4Si. The largest absolute Gasteiger partial charge is 0.411 e. The van der Waals surface area contributed by atoms with Crippen molar-refractivity contribution in [3.05, 3.63) is 0 Å². The Hall–Kier alpha value is -0.923. The van der Waals surface area contributed by atoms with Crippen molar-refractivity contribution in [2.75, 3.05) is 13.3 Å². The lowest BCUT2D eigenvalue weighted by atomic mass is 10.0. The zero-order chi connectivity index (χ0) is 13.3. The molecule has 0 aromatic heterocycles. The van der Waals surface area contributed by atoms with Crippen LogP contribution in [-0.2, 0) is 9.47 Å². The summed E-state index contributed by atoms with van der Waals surface area (Å²) in [4.78, 5) is 0. The summed E-state index contributed by atoms with van der Waals surface area (Å²) in [6.45, 7) is 3.73. The van der Waals surface area contributed by atoms with Gasteiger partial charge in [0.2, 0.25) is 0 Å². The Morgan fingerprint density at radius 1 is 1.12 bits per heavy atom. The molecule has 6 nitrogen and oxygen atoms in total. The molecule has 2 atom stereocenters. The third kappa shape index (κ3) is 4.45. The normalized spacial score (nSPS) is 17.1. The standard InChI is InChI=1S/C10H22N2O4Si/c1-4-7(11-13)9(15-3)10(16-6-17)8(5-2)12-14/h9-10,13-14H,4-6H2,1-3,17H3. The van der Waals surface area contributed by atoms with Crippen LogP contribution in [0.4, 0.5) is 0 Å². The smallest absolute Gasteiger partial charge is 0.130 e. The molecule has 2 unspecified atom stereocenters. The van der Waals surface area contributed by atoms with Gasteiger partial charge in [-0.15, -0.1) is 0 Å². The molecule has 0 aliphatic carbocycles. The quantitative estimate of drug-likeness (QED) is 0.283. The van der Waals surface area contributed by atoms with Gasteiger partial charge in [-0.05, 0) is 12.8 Å². The average molecular weight is 262 g/mol. The van der Waals surface area contributed by atoms with Crippen molar-refractivity contribution < 1.29 is 19.9 Å². The molecule has 0 aromatic rings. The molecule has 0 fully saturated rings. The van der Waals surface area contributed by atoms with Crippen molar-refractivity contribution in [3.8, 4) is 0 Å². The molecule has 0 radical (unpaired) electrons. The maximum atomic E-state index is 8.96. The Morgan fingerprint density at radius 2 is 1.59 bits per heavy atom. The van der Waals surface area contributed by atoms with E-state index in [2.05, 4.69) is 10.3 Å². The van der Waals surface area contributed by atoms with Gasteiger partial charge in [0.25, 0.3) is 0 Å². The van der Waals surface area contributed by atoms with Crippen LogP contribution in [0.2, 0.25) is 0 Å². The van der Waals surface area contributed by atoms with Crippen molar-refractivity contribution in [2.24, 2.45) is 10.3 Å². The van der Waals surface area contributed by atoms with Crippen LogP contribution in [0.15, 0.2) is 10.3 Å². The molecule has 0 saturated heterocycles. The highest BCUT2D eigenvalue weighted by Gasteiger charge is 2.30. The minimum Gasteiger partial charge on any atom is -0.411 e. The molecule has 0 saturated carbocycles. The van der Waals surface area contributed by atoms with Gasteiger partial charge in [0.15, 0.2) is 0 Å². The van der Waals surface area contributed by atoms with Crippen LogP contribution in [0, 0.1) is 0 Å². The number of rotatable bonds is 8. The van der Waals surface area contributed by atoms with Gasteiger partial charge in [-0.1, -0.05) is 24.2 Å².